The minimum Gasteiger partial charge on any atom is -0.457 e. The van der Waals surface area contributed by atoms with Crippen LogP contribution < -0.4 is 5.56 Å². The molecule has 3 heterocycles. The van der Waals surface area contributed by atoms with E-state index in [9.17, 15) is 9.59 Å². The first-order valence-electron chi connectivity index (χ1n) is 10.5. The fraction of sp³-hybridized carbons (Fsp3) is 0.217. The van der Waals surface area contributed by atoms with Crippen molar-refractivity contribution in [1.29, 1.82) is 0 Å². The van der Waals surface area contributed by atoms with E-state index in [1.54, 1.807) is 35.7 Å². The summed E-state index contributed by atoms with van der Waals surface area (Å²) in [5.74, 6) is 1.07. The predicted molar refractivity (Wildman–Crippen MR) is 123 cm³/mol. The van der Waals surface area contributed by atoms with Crippen LogP contribution >= 0.6 is 11.6 Å². The molecule has 172 valence electrons. The van der Waals surface area contributed by atoms with Crippen molar-refractivity contribution in [3.8, 4) is 11.4 Å². The molecule has 0 amide bonds. The minimum atomic E-state index is -0.451. The van der Waals surface area contributed by atoms with Crippen molar-refractivity contribution in [2.24, 2.45) is 7.05 Å². The van der Waals surface area contributed by atoms with E-state index in [2.05, 4.69) is 20.3 Å². The molecule has 0 saturated carbocycles. The first kappa shape index (κ1) is 21.8. The number of ether oxygens (including phenoxy) is 1. The number of aryl methyl sites for hydroxylation is 3. The first-order chi connectivity index (χ1) is 16.4. The van der Waals surface area contributed by atoms with E-state index >= 15 is 0 Å². The second-order valence-electron chi connectivity index (χ2n) is 7.82. The van der Waals surface area contributed by atoms with Gasteiger partial charge in [0.15, 0.2) is 12.4 Å². The van der Waals surface area contributed by atoms with Crippen LogP contribution in [0.3, 0.4) is 0 Å². The van der Waals surface area contributed by atoms with Crippen molar-refractivity contribution >= 4 is 34.3 Å². The molecule has 2 aromatic carbocycles. The Balaban J connectivity index is 1.28. The lowest BCUT2D eigenvalue weighted by atomic mass is 10.1. The van der Waals surface area contributed by atoms with Crippen LogP contribution in [0.4, 0.5) is 0 Å². The number of halogens is 1. The molecule has 0 unspecified atom stereocenters. The lowest BCUT2D eigenvalue weighted by Gasteiger charge is -2.09. The molecule has 0 aliphatic heterocycles. The van der Waals surface area contributed by atoms with Gasteiger partial charge in [-0.1, -0.05) is 28.4 Å². The highest BCUT2D eigenvalue weighted by molar-refractivity contribution is 6.30. The Labute approximate surface area is 197 Å². The summed E-state index contributed by atoms with van der Waals surface area (Å²) in [6, 6.07) is 12.6. The van der Waals surface area contributed by atoms with Gasteiger partial charge in [0.2, 0.25) is 17.5 Å². The number of hydrogen-bond acceptors (Lipinski definition) is 8. The average Bonchev–Trinajstić information content (AvgIpc) is 3.48. The summed E-state index contributed by atoms with van der Waals surface area (Å²) in [6.45, 7) is 1.82. The molecule has 5 aromatic rings. The molecule has 0 aliphatic rings. The Kier molecular flexibility index (Phi) is 5.58. The summed E-state index contributed by atoms with van der Waals surface area (Å²) in [7, 11) is 1.63. The minimum absolute atomic E-state index is 0.0530. The second kappa shape index (κ2) is 8.71. The highest BCUT2D eigenvalue weighted by Gasteiger charge is 2.17. The number of hydrogen-bond donors (Lipinski definition) is 0. The van der Waals surface area contributed by atoms with Crippen LogP contribution in [-0.4, -0.2) is 35.3 Å². The number of benzene rings is 2. The van der Waals surface area contributed by atoms with Crippen LogP contribution in [0.2, 0.25) is 5.02 Å². The number of esters is 1. The molecule has 0 saturated heterocycles. The van der Waals surface area contributed by atoms with E-state index in [4.69, 9.17) is 20.9 Å². The van der Waals surface area contributed by atoms with Crippen LogP contribution in [-0.2, 0) is 29.6 Å². The van der Waals surface area contributed by atoms with E-state index in [0.717, 1.165) is 11.1 Å². The topological polar surface area (TPSA) is 117 Å². The zero-order chi connectivity index (χ0) is 23.8. The van der Waals surface area contributed by atoms with Crippen LogP contribution in [0.5, 0.6) is 0 Å². The maximum atomic E-state index is 12.7. The number of fused-ring (bicyclic) bond motifs is 3. The van der Waals surface area contributed by atoms with Crippen molar-refractivity contribution in [2.45, 2.75) is 26.4 Å². The molecule has 0 atom stereocenters. The predicted octanol–water partition coefficient (Wildman–Crippen LogP) is 3.27. The molecule has 0 aliphatic carbocycles. The lowest BCUT2D eigenvalue weighted by Crippen LogP contribution is -2.20. The molecule has 5 rings (SSSR count). The van der Waals surface area contributed by atoms with Crippen LogP contribution in [0.25, 0.3) is 28.1 Å². The van der Waals surface area contributed by atoms with Crippen LogP contribution in [0.1, 0.15) is 23.7 Å². The lowest BCUT2D eigenvalue weighted by molar-refractivity contribution is -0.145. The maximum absolute atomic E-state index is 12.7. The molecule has 0 N–H and O–H groups in total. The summed E-state index contributed by atoms with van der Waals surface area (Å²) in [4.78, 5) is 29.3. The number of rotatable bonds is 6. The third-order valence-electron chi connectivity index (χ3n) is 5.42. The fourth-order valence-electron chi connectivity index (χ4n) is 3.65. The van der Waals surface area contributed by atoms with Crippen molar-refractivity contribution in [3.63, 3.8) is 0 Å². The molecule has 0 fully saturated rings. The van der Waals surface area contributed by atoms with E-state index in [1.165, 1.54) is 4.57 Å². The van der Waals surface area contributed by atoms with Gasteiger partial charge < -0.3 is 9.26 Å². The Morgan fingerprint density at radius 3 is 2.74 bits per heavy atom. The summed E-state index contributed by atoms with van der Waals surface area (Å²) in [5.41, 5.74) is 2.21. The first-order valence-corrected chi connectivity index (χ1v) is 10.9. The quantitative estimate of drug-likeness (QED) is 0.341. The number of carbonyl (C=O) groups excluding carboxylic acids is 1. The van der Waals surface area contributed by atoms with Gasteiger partial charge in [-0.05, 0) is 43.3 Å². The zero-order valence-electron chi connectivity index (χ0n) is 18.4. The summed E-state index contributed by atoms with van der Waals surface area (Å²) in [6.07, 6.45) is 0.286. The fourth-order valence-corrected chi connectivity index (χ4v) is 3.78. The van der Waals surface area contributed by atoms with E-state index in [-0.39, 0.29) is 25.0 Å². The Bertz CT molecular complexity index is 1590. The summed E-state index contributed by atoms with van der Waals surface area (Å²) < 4.78 is 13.8. The summed E-state index contributed by atoms with van der Waals surface area (Å²) >= 11 is 5.90. The summed E-state index contributed by atoms with van der Waals surface area (Å²) in [5, 5.41) is 13.3. The standard InChI is InChI=1S/C23H19ClN6O4/c1-13-3-8-17-16(11-13)22(32)29(2)23-27-26-18(30(17)23)12-33-20(31)10-9-19-25-21(28-34-19)14-4-6-15(24)7-5-14/h3-8,11H,9-10,12H2,1-2H3. The molecular weight excluding hydrogens is 460 g/mol. The van der Waals surface area contributed by atoms with Crippen molar-refractivity contribution < 1.29 is 14.1 Å². The van der Waals surface area contributed by atoms with Crippen LogP contribution in [0, 0.1) is 6.92 Å². The molecule has 10 nitrogen and oxygen atoms in total. The number of nitrogens with zero attached hydrogens (tertiary/aromatic N) is 6. The third-order valence-corrected chi connectivity index (χ3v) is 5.67. The van der Waals surface area contributed by atoms with Gasteiger partial charge >= 0.3 is 5.97 Å². The monoisotopic (exact) mass is 478 g/mol. The van der Waals surface area contributed by atoms with E-state index in [0.29, 0.717) is 39.2 Å². The third kappa shape index (κ3) is 4.03. The van der Waals surface area contributed by atoms with Crippen molar-refractivity contribution in [3.05, 3.63) is 75.1 Å². The van der Waals surface area contributed by atoms with Gasteiger partial charge in [0, 0.05) is 24.1 Å². The SMILES string of the molecule is Cc1ccc2c(c1)c(=O)n(C)c1nnc(COC(=O)CCc3nc(-c4ccc(Cl)cc4)no3)n21. The van der Waals surface area contributed by atoms with Gasteiger partial charge in [-0.3, -0.25) is 18.6 Å². The molecule has 34 heavy (non-hydrogen) atoms. The molecule has 0 spiro atoms. The molecular formula is C23H19ClN6O4. The van der Waals surface area contributed by atoms with Crippen LogP contribution in [0.15, 0.2) is 51.8 Å². The van der Waals surface area contributed by atoms with Crippen molar-refractivity contribution in [2.75, 3.05) is 0 Å². The largest absolute Gasteiger partial charge is 0.457 e. The van der Waals surface area contributed by atoms with Gasteiger partial charge in [0.1, 0.15) is 0 Å². The zero-order valence-corrected chi connectivity index (χ0v) is 19.1. The van der Waals surface area contributed by atoms with E-state index < -0.39 is 5.97 Å². The molecule has 11 heteroatoms. The second-order valence-corrected chi connectivity index (χ2v) is 8.25. The average molecular weight is 479 g/mol. The van der Waals surface area contributed by atoms with Crippen molar-refractivity contribution in [1.82, 2.24) is 29.3 Å². The van der Waals surface area contributed by atoms with Gasteiger partial charge in [-0.25, -0.2) is 0 Å². The van der Waals surface area contributed by atoms with Gasteiger partial charge in [0.25, 0.3) is 5.56 Å². The Morgan fingerprint density at radius 2 is 1.94 bits per heavy atom. The van der Waals surface area contributed by atoms with Gasteiger partial charge in [-0.15, -0.1) is 10.2 Å². The van der Waals surface area contributed by atoms with Gasteiger partial charge in [-0.2, -0.15) is 4.98 Å². The van der Waals surface area contributed by atoms with E-state index in [1.807, 2.05) is 25.1 Å². The highest BCUT2D eigenvalue weighted by Crippen LogP contribution is 2.19. The van der Waals surface area contributed by atoms with Gasteiger partial charge in [0.05, 0.1) is 17.3 Å². The number of aromatic nitrogens is 6. The smallest absolute Gasteiger partial charge is 0.306 e. The Hall–Kier alpha value is -4.05. The number of carbonyl (C=O) groups is 1. The maximum Gasteiger partial charge on any atom is 0.306 e. The molecule has 0 bridgehead atoms. The highest BCUT2D eigenvalue weighted by atomic mass is 35.5. The molecule has 3 aromatic heterocycles. The normalized spacial score (nSPS) is 11.4. The Morgan fingerprint density at radius 1 is 1.15 bits per heavy atom. The molecule has 0 radical (unpaired) electrons.